The fraction of sp³-hybridized carbons (Fsp3) is 0.412. The summed E-state index contributed by atoms with van der Waals surface area (Å²) in [7, 11) is -3.87. The van der Waals surface area contributed by atoms with Gasteiger partial charge in [0.2, 0.25) is 21.8 Å². The van der Waals surface area contributed by atoms with Crippen molar-refractivity contribution < 1.29 is 31.6 Å². The van der Waals surface area contributed by atoms with Crippen LogP contribution in [0.3, 0.4) is 0 Å². The lowest BCUT2D eigenvalue weighted by atomic mass is 9.99. The topological polar surface area (TPSA) is 184 Å². The number of alkyl halides is 2. The van der Waals surface area contributed by atoms with Crippen LogP contribution >= 0.6 is 11.6 Å². The van der Waals surface area contributed by atoms with Crippen LogP contribution in [-0.2, 0) is 25.5 Å². The van der Waals surface area contributed by atoms with E-state index < -0.39 is 27.4 Å². The fourth-order valence-corrected chi connectivity index (χ4v) is 8.34. The number of amides is 3. The van der Waals surface area contributed by atoms with E-state index in [2.05, 4.69) is 15.6 Å². The van der Waals surface area contributed by atoms with Gasteiger partial charge in [0.1, 0.15) is 11.0 Å². The number of carbonyl (C=O) groups is 3. The number of hydrogen-bond donors (Lipinski definition) is 4. The average Bonchev–Trinajstić information content (AvgIpc) is 3.71. The van der Waals surface area contributed by atoms with E-state index in [4.69, 9.17) is 23.1 Å². The molecule has 13 nitrogen and oxygen atoms in total. The lowest BCUT2D eigenvalue weighted by molar-refractivity contribution is -0.120. The Morgan fingerprint density at radius 2 is 1.59 bits per heavy atom. The van der Waals surface area contributed by atoms with E-state index in [1.807, 2.05) is 0 Å². The van der Waals surface area contributed by atoms with Crippen molar-refractivity contribution in [3.05, 3.63) is 82.5 Å². The first-order chi connectivity index (χ1) is 24.2. The second-order valence-corrected chi connectivity index (χ2v) is 15.3. The molecule has 3 heterocycles. The average molecular weight is 745 g/mol. The molecule has 17 heteroatoms. The SMILES string of the molecule is NCC(=O)N[C@H]1CC[C@@H](NC(=O)c2ccc(C(F)(F)c3cc(Cl)nc(N4CCN(S(=O)(=O)c5ccc(N6C[C@H](N)CC6=O)cc5)CC4)c3)cc2)C1. The van der Waals surface area contributed by atoms with Crippen LogP contribution in [0.1, 0.15) is 47.2 Å². The zero-order valence-corrected chi connectivity index (χ0v) is 29.2. The van der Waals surface area contributed by atoms with E-state index in [1.165, 1.54) is 51.7 Å². The Labute approximate surface area is 299 Å². The molecule has 3 amide bonds. The van der Waals surface area contributed by atoms with Gasteiger partial charge in [0.15, 0.2) is 0 Å². The minimum atomic E-state index is -3.87. The molecular formula is C34H39ClF2N8O5S. The molecule has 3 aromatic rings. The van der Waals surface area contributed by atoms with Crippen molar-refractivity contribution in [2.75, 3.05) is 49.1 Å². The smallest absolute Gasteiger partial charge is 0.298 e. The van der Waals surface area contributed by atoms with Crippen molar-refractivity contribution in [2.45, 2.75) is 54.6 Å². The third-order valence-corrected chi connectivity index (χ3v) is 11.6. The molecule has 3 atom stereocenters. The largest absolute Gasteiger partial charge is 0.354 e. The summed E-state index contributed by atoms with van der Waals surface area (Å²) in [5.41, 5.74) is 11.3. The van der Waals surface area contributed by atoms with Crippen LogP contribution in [0.2, 0.25) is 5.15 Å². The number of pyridine rings is 1. The van der Waals surface area contributed by atoms with Crippen LogP contribution in [0.25, 0.3) is 0 Å². The van der Waals surface area contributed by atoms with E-state index in [1.54, 1.807) is 17.0 Å². The van der Waals surface area contributed by atoms with Gasteiger partial charge < -0.3 is 31.9 Å². The van der Waals surface area contributed by atoms with Crippen molar-refractivity contribution in [1.29, 1.82) is 0 Å². The van der Waals surface area contributed by atoms with E-state index in [-0.39, 0.29) is 96.1 Å². The van der Waals surface area contributed by atoms with Crippen LogP contribution in [-0.4, -0.2) is 92.8 Å². The Bertz CT molecular complexity index is 1890. The molecule has 1 aliphatic carbocycles. The number of anilines is 2. The molecule has 51 heavy (non-hydrogen) atoms. The standard InChI is InChI=1S/C34H39ClF2N8O5S/c35-29-15-23(34(36,37)22-3-1-21(2-4-22)33(48)41-26-6-5-25(18-26)40-31(46)19-38)16-30(42-29)43-11-13-44(14-12-43)51(49,50)28-9-7-27(8-10-28)45-20-24(39)17-32(45)47/h1-4,7-10,15-16,24-26H,5-6,11-14,17-20,38-39H2,(H,40,46)(H,41,48)/t24-,25+,26-/m1/s1. The minimum absolute atomic E-state index is 0.0717. The molecule has 2 aliphatic heterocycles. The number of halogens is 3. The molecule has 0 bridgehead atoms. The van der Waals surface area contributed by atoms with Gasteiger partial charge in [0.25, 0.3) is 11.8 Å². The van der Waals surface area contributed by atoms with Crippen molar-refractivity contribution in [3.8, 4) is 0 Å². The van der Waals surface area contributed by atoms with Gasteiger partial charge in [0, 0.05) is 79.6 Å². The first-order valence-electron chi connectivity index (χ1n) is 16.6. The van der Waals surface area contributed by atoms with Crippen molar-refractivity contribution in [2.24, 2.45) is 11.5 Å². The number of nitrogens with two attached hydrogens (primary N) is 2. The zero-order valence-electron chi connectivity index (χ0n) is 27.6. The number of nitrogens with one attached hydrogen (secondary N) is 2. The maximum atomic E-state index is 15.9. The number of benzene rings is 2. The van der Waals surface area contributed by atoms with Crippen LogP contribution in [0.15, 0.2) is 65.6 Å². The fourth-order valence-electron chi connectivity index (χ4n) is 6.71. The van der Waals surface area contributed by atoms with Crippen LogP contribution in [0, 0.1) is 0 Å². The highest BCUT2D eigenvalue weighted by Crippen LogP contribution is 2.38. The van der Waals surface area contributed by atoms with E-state index in [9.17, 15) is 22.8 Å². The number of nitrogens with zero attached hydrogens (tertiary/aromatic N) is 4. The minimum Gasteiger partial charge on any atom is -0.354 e. The Morgan fingerprint density at radius 1 is 0.941 bits per heavy atom. The quantitative estimate of drug-likeness (QED) is 0.226. The first-order valence-corrected chi connectivity index (χ1v) is 18.4. The number of piperazine rings is 1. The van der Waals surface area contributed by atoms with E-state index >= 15 is 8.78 Å². The highest BCUT2D eigenvalue weighted by atomic mass is 35.5. The molecule has 0 radical (unpaired) electrons. The van der Waals surface area contributed by atoms with Gasteiger partial charge in [-0.2, -0.15) is 13.1 Å². The second kappa shape index (κ2) is 14.8. The van der Waals surface area contributed by atoms with Crippen LogP contribution in [0.5, 0.6) is 0 Å². The molecular weight excluding hydrogens is 706 g/mol. The summed E-state index contributed by atoms with van der Waals surface area (Å²) in [4.78, 5) is 44.1. The Morgan fingerprint density at radius 3 is 2.20 bits per heavy atom. The maximum absolute atomic E-state index is 15.9. The van der Waals surface area contributed by atoms with Gasteiger partial charge in [-0.1, -0.05) is 23.7 Å². The van der Waals surface area contributed by atoms with Crippen molar-refractivity contribution in [3.63, 3.8) is 0 Å². The number of sulfonamides is 1. The number of hydrogen-bond acceptors (Lipinski definition) is 9. The first kappa shape index (κ1) is 36.6. The van der Waals surface area contributed by atoms with Crippen LogP contribution in [0.4, 0.5) is 20.3 Å². The van der Waals surface area contributed by atoms with Gasteiger partial charge in [-0.15, -0.1) is 0 Å². The van der Waals surface area contributed by atoms with Gasteiger partial charge in [-0.3, -0.25) is 14.4 Å². The normalized spacial score (nSPS) is 21.6. The molecule has 272 valence electrons. The molecule has 3 fully saturated rings. The van der Waals surface area contributed by atoms with Gasteiger partial charge in [-0.25, -0.2) is 13.4 Å². The predicted molar refractivity (Wildman–Crippen MR) is 187 cm³/mol. The Kier molecular flexibility index (Phi) is 10.6. The highest BCUT2D eigenvalue weighted by Gasteiger charge is 2.37. The molecule has 6 rings (SSSR count). The number of aromatic nitrogens is 1. The molecule has 2 saturated heterocycles. The summed E-state index contributed by atoms with van der Waals surface area (Å²) in [6, 6.07) is 12.9. The predicted octanol–water partition coefficient (Wildman–Crippen LogP) is 2.18. The van der Waals surface area contributed by atoms with Gasteiger partial charge in [0.05, 0.1) is 11.4 Å². The summed E-state index contributed by atoms with van der Waals surface area (Å²) in [5, 5.41) is 5.56. The van der Waals surface area contributed by atoms with E-state index in [0.717, 1.165) is 6.07 Å². The van der Waals surface area contributed by atoms with Gasteiger partial charge in [-0.05, 0) is 67.8 Å². The van der Waals surface area contributed by atoms with Crippen molar-refractivity contribution >= 4 is 50.9 Å². The maximum Gasteiger partial charge on any atom is 0.298 e. The zero-order chi connectivity index (χ0) is 36.5. The lowest BCUT2D eigenvalue weighted by Gasteiger charge is -2.35. The third kappa shape index (κ3) is 7.99. The summed E-state index contributed by atoms with van der Waals surface area (Å²) >= 11 is 6.22. The summed E-state index contributed by atoms with van der Waals surface area (Å²) < 4.78 is 59.9. The summed E-state index contributed by atoms with van der Waals surface area (Å²) in [6.07, 6.45) is 2.15. The molecule has 1 saturated carbocycles. The Hall–Kier alpha value is -4.22. The summed E-state index contributed by atoms with van der Waals surface area (Å²) in [6.45, 7) is 0.778. The molecule has 1 aromatic heterocycles. The highest BCUT2D eigenvalue weighted by molar-refractivity contribution is 7.89. The monoisotopic (exact) mass is 744 g/mol. The number of carbonyl (C=O) groups excluding carboxylic acids is 3. The van der Waals surface area contributed by atoms with Gasteiger partial charge >= 0.3 is 0 Å². The number of rotatable bonds is 10. The van der Waals surface area contributed by atoms with Crippen molar-refractivity contribution in [1.82, 2.24) is 19.9 Å². The molecule has 0 unspecified atom stereocenters. The van der Waals surface area contributed by atoms with E-state index in [0.29, 0.717) is 31.5 Å². The molecule has 6 N–H and O–H groups in total. The molecule has 2 aromatic carbocycles. The summed E-state index contributed by atoms with van der Waals surface area (Å²) in [5.74, 6) is -4.09. The molecule has 0 spiro atoms. The third-order valence-electron chi connectivity index (χ3n) is 9.47. The lowest BCUT2D eigenvalue weighted by Crippen LogP contribution is -2.49. The second-order valence-electron chi connectivity index (χ2n) is 13.0. The molecule has 3 aliphatic rings. The Balaban J connectivity index is 1.08. The van der Waals surface area contributed by atoms with Crippen LogP contribution < -0.4 is 31.9 Å².